The minimum Gasteiger partial charge on any atom is -0.305 e. The molecule has 19 heavy (non-hydrogen) atoms. The zero-order valence-electron chi connectivity index (χ0n) is 9.95. The summed E-state index contributed by atoms with van der Waals surface area (Å²) >= 11 is 0. The molecule has 0 aliphatic heterocycles. The SMILES string of the molecule is O=c1cc(-c2cccnc2)nc(-c2ccccn2)[nH]1. The van der Waals surface area contributed by atoms with Gasteiger partial charge in [-0.25, -0.2) is 4.98 Å². The van der Waals surface area contributed by atoms with Crippen LogP contribution in [0, 0.1) is 0 Å². The van der Waals surface area contributed by atoms with Crippen LogP contribution in [-0.2, 0) is 0 Å². The second-order valence-corrected chi connectivity index (χ2v) is 3.94. The normalized spacial score (nSPS) is 10.3. The third-order valence-electron chi connectivity index (χ3n) is 2.61. The lowest BCUT2D eigenvalue weighted by Gasteiger charge is -2.03. The molecular weight excluding hydrogens is 240 g/mol. The van der Waals surface area contributed by atoms with Gasteiger partial charge >= 0.3 is 0 Å². The monoisotopic (exact) mass is 250 g/mol. The Hall–Kier alpha value is -2.82. The fraction of sp³-hybridized carbons (Fsp3) is 0. The second kappa shape index (κ2) is 4.81. The highest BCUT2D eigenvalue weighted by molar-refractivity contribution is 5.60. The van der Waals surface area contributed by atoms with Gasteiger partial charge in [0.15, 0.2) is 5.82 Å². The van der Waals surface area contributed by atoms with Crippen LogP contribution in [0.5, 0.6) is 0 Å². The fourth-order valence-electron chi connectivity index (χ4n) is 1.74. The number of nitrogens with zero attached hydrogens (tertiary/aromatic N) is 3. The Morgan fingerprint density at radius 1 is 1.00 bits per heavy atom. The Morgan fingerprint density at radius 2 is 1.95 bits per heavy atom. The van der Waals surface area contributed by atoms with E-state index in [0.29, 0.717) is 17.2 Å². The maximum Gasteiger partial charge on any atom is 0.251 e. The summed E-state index contributed by atoms with van der Waals surface area (Å²) < 4.78 is 0. The molecule has 0 aromatic carbocycles. The van der Waals surface area contributed by atoms with Crippen molar-refractivity contribution in [2.75, 3.05) is 0 Å². The Morgan fingerprint density at radius 3 is 2.68 bits per heavy atom. The first-order valence-electron chi connectivity index (χ1n) is 5.76. The van der Waals surface area contributed by atoms with Gasteiger partial charge < -0.3 is 4.98 Å². The summed E-state index contributed by atoms with van der Waals surface area (Å²) in [5.41, 5.74) is 1.79. The first kappa shape index (κ1) is 11.3. The Kier molecular flexibility index (Phi) is 2.86. The van der Waals surface area contributed by atoms with Crippen molar-refractivity contribution in [2.24, 2.45) is 0 Å². The van der Waals surface area contributed by atoms with Crippen molar-refractivity contribution in [3.63, 3.8) is 0 Å². The lowest BCUT2D eigenvalue weighted by atomic mass is 10.2. The molecule has 0 aliphatic carbocycles. The molecule has 92 valence electrons. The quantitative estimate of drug-likeness (QED) is 0.754. The molecule has 0 amide bonds. The summed E-state index contributed by atoms with van der Waals surface area (Å²) in [6, 6.07) is 10.6. The van der Waals surface area contributed by atoms with Crippen LogP contribution in [0.3, 0.4) is 0 Å². The van der Waals surface area contributed by atoms with E-state index in [-0.39, 0.29) is 5.56 Å². The molecule has 3 aromatic heterocycles. The van der Waals surface area contributed by atoms with Gasteiger partial charge in [0.05, 0.1) is 5.69 Å². The molecule has 0 saturated carbocycles. The number of H-pyrrole nitrogens is 1. The molecule has 1 N–H and O–H groups in total. The smallest absolute Gasteiger partial charge is 0.251 e. The third kappa shape index (κ3) is 2.40. The van der Waals surface area contributed by atoms with Gasteiger partial charge in [-0.1, -0.05) is 6.07 Å². The Bertz CT molecular complexity index is 677. The zero-order valence-corrected chi connectivity index (χ0v) is 9.95. The van der Waals surface area contributed by atoms with Crippen LogP contribution in [0.25, 0.3) is 22.8 Å². The largest absolute Gasteiger partial charge is 0.305 e. The Balaban J connectivity index is 2.15. The van der Waals surface area contributed by atoms with Crippen molar-refractivity contribution in [3.8, 4) is 22.8 Å². The van der Waals surface area contributed by atoms with Crippen LogP contribution in [-0.4, -0.2) is 19.9 Å². The van der Waals surface area contributed by atoms with Crippen LogP contribution in [0.1, 0.15) is 0 Å². The van der Waals surface area contributed by atoms with Crippen LogP contribution >= 0.6 is 0 Å². The van der Waals surface area contributed by atoms with Gasteiger partial charge in [0.1, 0.15) is 5.69 Å². The van der Waals surface area contributed by atoms with Crippen molar-refractivity contribution in [3.05, 3.63) is 65.3 Å². The maximum atomic E-state index is 11.7. The molecule has 0 atom stereocenters. The van der Waals surface area contributed by atoms with Crippen molar-refractivity contribution in [1.29, 1.82) is 0 Å². The number of aromatic amines is 1. The highest BCUT2D eigenvalue weighted by atomic mass is 16.1. The number of aromatic nitrogens is 4. The summed E-state index contributed by atoms with van der Waals surface area (Å²) in [6.07, 6.45) is 5.01. The minimum absolute atomic E-state index is 0.213. The molecule has 5 heteroatoms. The number of hydrogen-bond donors (Lipinski definition) is 1. The molecule has 0 bridgehead atoms. The standard InChI is InChI=1S/C14H10N4O/c19-13-8-12(10-4-3-6-15-9-10)17-14(18-13)11-5-1-2-7-16-11/h1-9H,(H,17,18,19). The Labute approximate surface area is 109 Å². The molecule has 0 fully saturated rings. The van der Waals surface area contributed by atoms with E-state index in [2.05, 4.69) is 19.9 Å². The van der Waals surface area contributed by atoms with Crippen LogP contribution in [0.2, 0.25) is 0 Å². The lowest BCUT2D eigenvalue weighted by molar-refractivity contribution is 1.10. The molecule has 3 aromatic rings. The van der Waals surface area contributed by atoms with E-state index in [9.17, 15) is 4.79 Å². The van der Waals surface area contributed by atoms with Crippen LogP contribution in [0.4, 0.5) is 0 Å². The van der Waals surface area contributed by atoms with E-state index in [0.717, 1.165) is 5.56 Å². The fourth-order valence-corrected chi connectivity index (χ4v) is 1.74. The summed E-state index contributed by atoms with van der Waals surface area (Å²) in [4.78, 5) is 27.0. The molecule has 0 saturated heterocycles. The van der Waals surface area contributed by atoms with Gasteiger partial charge in [-0.2, -0.15) is 0 Å². The van der Waals surface area contributed by atoms with Gasteiger partial charge in [-0.3, -0.25) is 14.8 Å². The van der Waals surface area contributed by atoms with Gasteiger partial charge in [0.2, 0.25) is 0 Å². The van der Waals surface area contributed by atoms with Crippen molar-refractivity contribution in [1.82, 2.24) is 19.9 Å². The molecular formula is C14H10N4O. The number of pyridine rings is 2. The highest BCUT2D eigenvalue weighted by Crippen LogP contribution is 2.16. The van der Waals surface area contributed by atoms with Crippen molar-refractivity contribution in [2.45, 2.75) is 0 Å². The van der Waals surface area contributed by atoms with E-state index in [4.69, 9.17) is 0 Å². The first-order chi connectivity index (χ1) is 9.33. The summed E-state index contributed by atoms with van der Waals surface area (Å²) in [7, 11) is 0. The van der Waals surface area contributed by atoms with E-state index < -0.39 is 0 Å². The maximum absolute atomic E-state index is 11.7. The second-order valence-electron chi connectivity index (χ2n) is 3.94. The van der Waals surface area contributed by atoms with E-state index >= 15 is 0 Å². The zero-order chi connectivity index (χ0) is 13.1. The predicted octanol–water partition coefficient (Wildman–Crippen LogP) is 1.89. The van der Waals surface area contributed by atoms with Gasteiger partial charge in [0.25, 0.3) is 5.56 Å². The molecule has 0 aliphatic rings. The van der Waals surface area contributed by atoms with Crippen LogP contribution < -0.4 is 5.56 Å². The topological polar surface area (TPSA) is 71.5 Å². The van der Waals surface area contributed by atoms with Gasteiger partial charge in [-0.05, 0) is 24.3 Å². The first-order valence-corrected chi connectivity index (χ1v) is 5.76. The molecule has 5 nitrogen and oxygen atoms in total. The highest BCUT2D eigenvalue weighted by Gasteiger charge is 2.06. The summed E-state index contributed by atoms with van der Waals surface area (Å²) in [5, 5.41) is 0. The summed E-state index contributed by atoms with van der Waals surface area (Å²) in [5.74, 6) is 0.451. The van der Waals surface area contributed by atoms with Crippen LogP contribution in [0.15, 0.2) is 59.8 Å². The molecule has 3 heterocycles. The van der Waals surface area contributed by atoms with E-state index in [1.165, 1.54) is 6.07 Å². The average molecular weight is 250 g/mol. The minimum atomic E-state index is -0.213. The van der Waals surface area contributed by atoms with E-state index in [1.54, 1.807) is 30.7 Å². The molecule has 0 radical (unpaired) electrons. The number of rotatable bonds is 2. The summed E-state index contributed by atoms with van der Waals surface area (Å²) in [6.45, 7) is 0. The van der Waals surface area contributed by atoms with Crippen molar-refractivity contribution >= 4 is 0 Å². The van der Waals surface area contributed by atoms with Crippen molar-refractivity contribution < 1.29 is 0 Å². The number of hydrogen-bond acceptors (Lipinski definition) is 4. The predicted molar refractivity (Wildman–Crippen MR) is 71.3 cm³/mol. The number of nitrogens with one attached hydrogen (secondary N) is 1. The third-order valence-corrected chi connectivity index (χ3v) is 2.61. The van der Waals surface area contributed by atoms with E-state index in [1.807, 2.05) is 18.2 Å². The average Bonchev–Trinajstić information content (AvgIpc) is 2.48. The molecule has 0 spiro atoms. The van der Waals surface area contributed by atoms with Gasteiger partial charge in [-0.15, -0.1) is 0 Å². The van der Waals surface area contributed by atoms with Gasteiger partial charge in [0, 0.05) is 30.2 Å². The lowest BCUT2D eigenvalue weighted by Crippen LogP contribution is -2.09. The molecule has 3 rings (SSSR count). The molecule has 0 unspecified atom stereocenters.